The van der Waals surface area contributed by atoms with Gasteiger partial charge in [0.15, 0.2) is 0 Å². The van der Waals surface area contributed by atoms with Gasteiger partial charge in [0, 0.05) is 0 Å². The molecule has 0 nitrogen and oxygen atoms in total. The second kappa shape index (κ2) is 8.51. The second-order valence-electron chi connectivity index (χ2n) is 4.13. The van der Waals surface area contributed by atoms with Crippen molar-refractivity contribution in [1.82, 2.24) is 0 Å². The van der Waals surface area contributed by atoms with Crippen molar-refractivity contribution in [2.45, 2.75) is 39.5 Å². The zero-order valence-corrected chi connectivity index (χ0v) is 14.5. The third kappa shape index (κ3) is 4.54. The van der Waals surface area contributed by atoms with Crippen molar-refractivity contribution in [2.75, 3.05) is 0 Å². The average molecular weight is 350 g/mol. The van der Waals surface area contributed by atoms with Gasteiger partial charge in [-0.2, -0.15) is 0 Å². The van der Waals surface area contributed by atoms with Crippen molar-refractivity contribution in [2.24, 2.45) is 0 Å². The molecule has 0 radical (unpaired) electrons. The average Bonchev–Trinajstić information content (AvgIpc) is 2.87. The van der Waals surface area contributed by atoms with E-state index in [1.54, 1.807) is 17.7 Å². The number of allylic oxidation sites excluding steroid dienone is 8. The van der Waals surface area contributed by atoms with Crippen molar-refractivity contribution < 1.29 is 23.2 Å². The first kappa shape index (κ1) is 17.4. The zero-order valence-electron chi connectivity index (χ0n) is 10.5. The normalized spacial score (nSPS) is 17.3. The maximum atomic E-state index is 2.52. The summed E-state index contributed by atoms with van der Waals surface area (Å²) in [5, 5.41) is 0. The van der Waals surface area contributed by atoms with Gasteiger partial charge >= 0.3 is 105 Å². The van der Waals surface area contributed by atoms with Gasteiger partial charge in [0.1, 0.15) is 0 Å². The molecule has 0 aromatic heterocycles. The fourth-order valence-electron chi connectivity index (χ4n) is 2.24. The molecule has 0 saturated heterocycles. The van der Waals surface area contributed by atoms with Crippen LogP contribution in [-0.4, -0.2) is 0 Å². The zero-order chi connectivity index (χ0) is 10.7. The second-order valence-corrected chi connectivity index (χ2v) is 7.90. The molecule has 0 spiro atoms. The third-order valence-electron chi connectivity index (χ3n) is 3.11. The van der Waals surface area contributed by atoms with Gasteiger partial charge in [-0.25, -0.2) is 0 Å². The molecule has 0 aromatic carbocycles. The summed E-state index contributed by atoms with van der Waals surface area (Å²) in [5.41, 5.74) is 3.35. The smallest absolute Gasteiger partial charge is 0.147 e. The van der Waals surface area contributed by atoms with Crippen molar-refractivity contribution in [3.8, 4) is 0 Å². The molecule has 94 valence electrons. The molecular formula is C14H20Cl2Zr. The summed E-state index contributed by atoms with van der Waals surface area (Å²) in [5.74, 6) is 0. The molecule has 2 rings (SSSR count). The Kier molecular flexibility index (Phi) is 8.72. The van der Waals surface area contributed by atoms with E-state index < -0.39 is 0 Å². The Balaban J connectivity index is 0.00000128. The molecular weight excluding hydrogens is 330 g/mol. The monoisotopic (exact) mass is 348 g/mol. The van der Waals surface area contributed by atoms with Crippen LogP contribution >= 0.6 is 24.8 Å². The molecule has 0 aliphatic heterocycles. The summed E-state index contributed by atoms with van der Waals surface area (Å²) in [7, 11) is 0. The summed E-state index contributed by atoms with van der Waals surface area (Å²) < 4.78 is 3.54. The topological polar surface area (TPSA) is 0 Å². The van der Waals surface area contributed by atoms with Gasteiger partial charge in [-0.3, -0.25) is 0 Å². The van der Waals surface area contributed by atoms with Gasteiger partial charge in [0.25, 0.3) is 0 Å². The molecule has 0 aromatic rings. The predicted molar refractivity (Wildman–Crippen MR) is 76.6 cm³/mol. The Labute approximate surface area is 129 Å². The van der Waals surface area contributed by atoms with E-state index in [0.717, 1.165) is 0 Å². The minimum Gasteiger partial charge on any atom is -0.147 e. The van der Waals surface area contributed by atoms with E-state index in [-0.39, 0.29) is 48.0 Å². The Morgan fingerprint density at radius 3 is 2.35 bits per heavy atom. The maximum Gasteiger partial charge on any atom is -0.147 e. The van der Waals surface area contributed by atoms with Crippen molar-refractivity contribution in [3.05, 3.63) is 42.0 Å². The van der Waals surface area contributed by atoms with E-state index >= 15 is 0 Å². The minimum absolute atomic E-state index is 0. The largest absolute Gasteiger partial charge is 0.147 e. The molecule has 17 heavy (non-hydrogen) atoms. The summed E-state index contributed by atoms with van der Waals surface area (Å²) >= 11 is -0.390. The third-order valence-corrected chi connectivity index (χ3v) is 6.39. The van der Waals surface area contributed by atoms with Crippen LogP contribution in [0.2, 0.25) is 0 Å². The van der Waals surface area contributed by atoms with Crippen LogP contribution in [0, 0.1) is 0 Å². The van der Waals surface area contributed by atoms with Gasteiger partial charge in [0.2, 0.25) is 0 Å². The van der Waals surface area contributed by atoms with E-state index in [9.17, 15) is 0 Å². The summed E-state index contributed by atoms with van der Waals surface area (Å²) in [6, 6.07) is 0. The Hall–Kier alpha value is 0.423. The van der Waals surface area contributed by atoms with E-state index in [4.69, 9.17) is 0 Å². The van der Waals surface area contributed by atoms with Crippen molar-refractivity contribution in [1.29, 1.82) is 0 Å². The molecule has 0 bridgehead atoms. The van der Waals surface area contributed by atoms with E-state index in [1.807, 2.05) is 0 Å². The molecule has 2 aliphatic rings. The van der Waals surface area contributed by atoms with Crippen LogP contribution in [0.4, 0.5) is 0 Å². The molecule has 0 atom stereocenters. The molecule has 0 saturated carbocycles. The van der Waals surface area contributed by atoms with Gasteiger partial charge in [-0.05, 0) is 0 Å². The predicted octanol–water partition coefficient (Wildman–Crippen LogP) is 5.16. The molecule has 2 aliphatic carbocycles. The van der Waals surface area contributed by atoms with Gasteiger partial charge in [-0.15, -0.1) is 24.8 Å². The fraction of sp³-hybridized carbons (Fsp3) is 0.429. The molecule has 0 N–H and O–H groups in total. The van der Waals surface area contributed by atoms with Crippen LogP contribution in [-0.2, 0) is 23.2 Å². The first-order valence-corrected chi connectivity index (χ1v) is 8.33. The number of hydrogen-bond donors (Lipinski definition) is 0. The molecule has 0 heterocycles. The quantitative estimate of drug-likeness (QED) is 0.657. The fourth-order valence-corrected chi connectivity index (χ4v) is 5.58. The summed E-state index contributed by atoms with van der Waals surface area (Å²) in [4.78, 5) is 0. The van der Waals surface area contributed by atoms with Crippen LogP contribution < -0.4 is 0 Å². The van der Waals surface area contributed by atoms with Gasteiger partial charge in [0.05, 0.1) is 0 Å². The molecule has 0 amide bonds. The molecule has 0 fully saturated rings. The number of hydrogen-bond acceptors (Lipinski definition) is 0. The molecule has 0 unspecified atom stereocenters. The Morgan fingerprint density at radius 2 is 1.88 bits per heavy atom. The standard InChI is InChI=1S/C9H13.C5H5.2ClH.Zr/c1-3-8-6-5-7-9(8)4-2;1-2-4-5-3-1;;;/h6H,3-4,7H2,1-2H3;1-3H,4H2;2*1H;. The van der Waals surface area contributed by atoms with Crippen LogP contribution in [0.15, 0.2) is 42.0 Å². The van der Waals surface area contributed by atoms with Gasteiger partial charge < -0.3 is 0 Å². The number of halogens is 2. The summed E-state index contributed by atoms with van der Waals surface area (Å²) in [6.45, 7) is 4.58. The van der Waals surface area contributed by atoms with E-state index in [0.29, 0.717) is 0 Å². The van der Waals surface area contributed by atoms with Crippen LogP contribution in [0.5, 0.6) is 0 Å². The van der Waals surface area contributed by atoms with Crippen LogP contribution in [0.1, 0.15) is 39.5 Å². The summed E-state index contributed by atoms with van der Waals surface area (Å²) in [6.07, 6.45) is 14.4. The maximum absolute atomic E-state index is 2.52. The molecule has 3 heteroatoms. The van der Waals surface area contributed by atoms with E-state index in [2.05, 4.69) is 38.2 Å². The van der Waals surface area contributed by atoms with E-state index in [1.165, 1.54) is 25.7 Å². The van der Waals surface area contributed by atoms with Crippen molar-refractivity contribution >= 4 is 24.8 Å². The van der Waals surface area contributed by atoms with Gasteiger partial charge in [-0.1, -0.05) is 0 Å². The first-order chi connectivity index (χ1) is 7.33. The number of rotatable bonds is 4. The first-order valence-electron chi connectivity index (χ1n) is 5.87. The van der Waals surface area contributed by atoms with Crippen LogP contribution in [0.25, 0.3) is 0 Å². The Bertz CT molecular complexity index is 376. The Morgan fingerprint density at radius 1 is 1.12 bits per heavy atom. The van der Waals surface area contributed by atoms with Crippen LogP contribution in [0.3, 0.4) is 0 Å². The SMILES string of the molecule is CCC1=C(CC)C[C]([Zr][C]2=CC=CC2)=C1.Cl.Cl. The minimum atomic E-state index is -0.390. The van der Waals surface area contributed by atoms with Crippen molar-refractivity contribution in [3.63, 3.8) is 0 Å².